The molecule has 0 fully saturated rings. The lowest BCUT2D eigenvalue weighted by Gasteiger charge is -2.21. The van der Waals surface area contributed by atoms with E-state index in [-0.39, 0.29) is 17.2 Å². The number of alkyl halides is 1. The Morgan fingerprint density at radius 1 is 1.50 bits per heavy atom. The second-order valence-corrected chi connectivity index (χ2v) is 4.19. The van der Waals surface area contributed by atoms with E-state index in [2.05, 4.69) is 0 Å². The maximum Gasteiger partial charge on any atom is 0.257 e. The van der Waals surface area contributed by atoms with Crippen molar-refractivity contribution in [3.8, 4) is 11.5 Å². The number of hydrogen-bond acceptors (Lipinski definition) is 3. The Hall–Kier alpha value is -1.42. The van der Waals surface area contributed by atoms with E-state index in [0.717, 1.165) is 6.42 Å². The van der Waals surface area contributed by atoms with Gasteiger partial charge in [0.2, 0.25) is 0 Å². The van der Waals surface area contributed by atoms with Gasteiger partial charge in [-0.2, -0.15) is 0 Å². The molecule has 0 unspecified atom stereocenters. The molecule has 1 N–H and O–H groups in total. The van der Waals surface area contributed by atoms with Crippen LogP contribution in [0, 0.1) is 0 Å². The standard InChI is InChI=1S/C13H18ClNO3/c1-3-15(8-4-7-14)13(17)11-9-10(18-2)5-6-12(11)16/h5-6,9,16H,3-4,7-8H2,1-2H3. The molecule has 1 aromatic carbocycles. The van der Waals surface area contributed by atoms with Crippen molar-refractivity contribution in [3.05, 3.63) is 23.8 Å². The second kappa shape index (κ2) is 7.11. The van der Waals surface area contributed by atoms with Crippen molar-refractivity contribution in [2.75, 3.05) is 26.1 Å². The van der Waals surface area contributed by atoms with Crippen LogP contribution in [0.3, 0.4) is 0 Å². The van der Waals surface area contributed by atoms with Gasteiger partial charge in [-0.1, -0.05) is 0 Å². The minimum Gasteiger partial charge on any atom is -0.507 e. The SMILES string of the molecule is CCN(CCCCl)C(=O)c1cc(OC)ccc1O. The molecule has 0 radical (unpaired) electrons. The van der Waals surface area contributed by atoms with Crippen LogP contribution in [0.15, 0.2) is 18.2 Å². The van der Waals surface area contributed by atoms with E-state index in [9.17, 15) is 9.90 Å². The summed E-state index contributed by atoms with van der Waals surface area (Å²) in [4.78, 5) is 13.9. The molecule has 0 saturated heterocycles. The van der Waals surface area contributed by atoms with Gasteiger partial charge in [0.05, 0.1) is 12.7 Å². The molecule has 0 bridgehead atoms. The molecule has 1 rings (SSSR count). The largest absolute Gasteiger partial charge is 0.507 e. The Bertz CT molecular complexity index is 409. The number of methoxy groups -OCH3 is 1. The minimum atomic E-state index is -0.209. The van der Waals surface area contributed by atoms with Crippen molar-refractivity contribution in [1.29, 1.82) is 0 Å². The smallest absolute Gasteiger partial charge is 0.257 e. The van der Waals surface area contributed by atoms with Crippen molar-refractivity contribution in [3.63, 3.8) is 0 Å². The van der Waals surface area contributed by atoms with Gasteiger partial charge in [-0.25, -0.2) is 0 Å². The fourth-order valence-corrected chi connectivity index (χ4v) is 1.76. The third-order valence-corrected chi connectivity index (χ3v) is 2.93. The van der Waals surface area contributed by atoms with Gasteiger partial charge >= 0.3 is 0 Å². The first-order valence-electron chi connectivity index (χ1n) is 5.86. The van der Waals surface area contributed by atoms with Crippen LogP contribution in [0.4, 0.5) is 0 Å². The summed E-state index contributed by atoms with van der Waals surface area (Å²) in [6.07, 6.45) is 0.728. The molecule has 0 spiro atoms. The normalized spacial score (nSPS) is 10.2. The number of phenolic OH excluding ortho intramolecular Hbond substituents is 1. The Morgan fingerprint density at radius 2 is 2.22 bits per heavy atom. The highest BCUT2D eigenvalue weighted by Crippen LogP contribution is 2.24. The molecule has 0 aliphatic rings. The van der Waals surface area contributed by atoms with Gasteiger partial charge in [-0.05, 0) is 31.5 Å². The number of benzene rings is 1. The summed E-state index contributed by atoms with van der Waals surface area (Å²) in [5.74, 6) is 0.808. The predicted octanol–water partition coefficient (Wildman–Crippen LogP) is 2.49. The summed E-state index contributed by atoms with van der Waals surface area (Å²) in [5.41, 5.74) is 0.255. The molecule has 0 saturated carbocycles. The van der Waals surface area contributed by atoms with Gasteiger partial charge < -0.3 is 14.7 Å². The average Bonchev–Trinajstić information content (AvgIpc) is 2.40. The number of ether oxygens (including phenoxy) is 1. The van der Waals surface area contributed by atoms with E-state index < -0.39 is 0 Å². The molecule has 1 aromatic rings. The first-order chi connectivity index (χ1) is 8.63. The summed E-state index contributed by atoms with van der Waals surface area (Å²) in [6.45, 7) is 3.05. The lowest BCUT2D eigenvalue weighted by atomic mass is 10.1. The number of rotatable bonds is 6. The number of halogens is 1. The molecule has 1 amide bonds. The predicted molar refractivity (Wildman–Crippen MR) is 71.6 cm³/mol. The van der Waals surface area contributed by atoms with Crippen molar-refractivity contribution < 1.29 is 14.6 Å². The maximum atomic E-state index is 12.2. The van der Waals surface area contributed by atoms with Crippen LogP contribution >= 0.6 is 11.6 Å². The third-order valence-electron chi connectivity index (χ3n) is 2.66. The molecule has 0 heterocycles. The first-order valence-corrected chi connectivity index (χ1v) is 6.39. The molecule has 0 aliphatic carbocycles. The quantitative estimate of drug-likeness (QED) is 0.809. The summed E-state index contributed by atoms with van der Waals surface area (Å²) in [7, 11) is 1.52. The zero-order chi connectivity index (χ0) is 13.5. The Kier molecular flexibility index (Phi) is 5.78. The number of amides is 1. The molecule has 100 valence electrons. The number of nitrogens with zero attached hydrogens (tertiary/aromatic N) is 1. The van der Waals surface area contributed by atoms with Gasteiger partial charge in [0, 0.05) is 19.0 Å². The van der Waals surface area contributed by atoms with Crippen LogP contribution in [-0.4, -0.2) is 42.0 Å². The zero-order valence-electron chi connectivity index (χ0n) is 10.6. The highest BCUT2D eigenvalue weighted by Gasteiger charge is 2.18. The van der Waals surface area contributed by atoms with Crippen LogP contribution in [0.25, 0.3) is 0 Å². The molecule has 4 nitrogen and oxygen atoms in total. The summed E-state index contributed by atoms with van der Waals surface area (Å²) in [5, 5.41) is 9.74. The Labute approximate surface area is 112 Å². The minimum absolute atomic E-state index is 0.0369. The van der Waals surface area contributed by atoms with Gasteiger partial charge in [-0.3, -0.25) is 4.79 Å². The van der Waals surface area contributed by atoms with Crippen molar-refractivity contribution in [1.82, 2.24) is 4.90 Å². The Balaban J connectivity index is 2.93. The lowest BCUT2D eigenvalue weighted by molar-refractivity contribution is 0.0761. The maximum absolute atomic E-state index is 12.2. The van der Waals surface area contributed by atoms with Crippen LogP contribution in [-0.2, 0) is 0 Å². The van der Waals surface area contributed by atoms with E-state index in [0.29, 0.717) is 24.7 Å². The van der Waals surface area contributed by atoms with E-state index in [1.54, 1.807) is 17.0 Å². The van der Waals surface area contributed by atoms with Crippen molar-refractivity contribution in [2.24, 2.45) is 0 Å². The zero-order valence-corrected chi connectivity index (χ0v) is 11.4. The van der Waals surface area contributed by atoms with Gasteiger partial charge in [0.15, 0.2) is 0 Å². The first kappa shape index (κ1) is 14.6. The summed E-state index contributed by atoms with van der Waals surface area (Å²) >= 11 is 5.62. The number of hydrogen-bond donors (Lipinski definition) is 1. The summed E-state index contributed by atoms with van der Waals surface area (Å²) < 4.78 is 5.05. The lowest BCUT2D eigenvalue weighted by Crippen LogP contribution is -2.32. The van der Waals surface area contributed by atoms with Crippen LogP contribution < -0.4 is 4.74 Å². The molecular weight excluding hydrogens is 254 g/mol. The van der Waals surface area contributed by atoms with E-state index in [1.165, 1.54) is 13.2 Å². The average molecular weight is 272 g/mol. The topological polar surface area (TPSA) is 49.8 Å². The van der Waals surface area contributed by atoms with Crippen LogP contribution in [0.2, 0.25) is 0 Å². The molecule has 0 atom stereocenters. The van der Waals surface area contributed by atoms with E-state index in [4.69, 9.17) is 16.3 Å². The number of phenols is 1. The fraction of sp³-hybridized carbons (Fsp3) is 0.462. The highest BCUT2D eigenvalue weighted by molar-refractivity contribution is 6.17. The molecule has 18 heavy (non-hydrogen) atoms. The third kappa shape index (κ3) is 3.53. The van der Waals surface area contributed by atoms with Crippen molar-refractivity contribution >= 4 is 17.5 Å². The van der Waals surface area contributed by atoms with E-state index >= 15 is 0 Å². The van der Waals surface area contributed by atoms with Crippen LogP contribution in [0.5, 0.6) is 11.5 Å². The molecule has 0 aliphatic heterocycles. The monoisotopic (exact) mass is 271 g/mol. The molecule has 0 aromatic heterocycles. The van der Waals surface area contributed by atoms with Crippen LogP contribution in [0.1, 0.15) is 23.7 Å². The fourth-order valence-electron chi connectivity index (χ4n) is 1.64. The number of aromatic hydroxyl groups is 1. The Morgan fingerprint density at radius 3 is 2.78 bits per heavy atom. The van der Waals surface area contributed by atoms with Gasteiger partial charge in [-0.15, -0.1) is 11.6 Å². The van der Waals surface area contributed by atoms with Gasteiger partial charge in [0.25, 0.3) is 5.91 Å². The summed E-state index contributed by atoms with van der Waals surface area (Å²) in [6, 6.07) is 4.61. The van der Waals surface area contributed by atoms with Crippen molar-refractivity contribution in [2.45, 2.75) is 13.3 Å². The molecule has 5 heteroatoms. The number of carbonyl (C=O) groups is 1. The van der Waals surface area contributed by atoms with Gasteiger partial charge in [0.1, 0.15) is 11.5 Å². The number of carbonyl (C=O) groups excluding carboxylic acids is 1. The molecular formula is C13H18ClNO3. The second-order valence-electron chi connectivity index (χ2n) is 3.81. The van der Waals surface area contributed by atoms with E-state index in [1.807, 2.05) is 6.92 Å². The highest BCUT2D eigenvalue weighted by atomic mass is 35.5.